The lowest BCUT2D eigenvalue weighted by Gasteiger charge is -2.18. The van der Waals surface area contributed by atoms with Gasteiger partial charge in [0, 0.05) is 18.0 Å². The number of esters is 1. The third-order valence-electron chi connectivity index (χ3n) is 5.18. The Balaban J connectivity index is 1.42. The number of nitrogens with one attached hydrogen (secondary N) is 1. The molecule has 0 fully saturated rings. The predicted molar refractivity (Wildman–Crippen MR) is 132 cm³/mol. The smallest absolute Gasteiger partial charge is 0.340 e. The molecule has 0 aliphatic carbocycles. The van der Waals surface area contributed by atoms with Gasteiger partial charge in [-0.2, -0.15) is 0 Å². The lowest BCUT2D eigenvalue weighted by atomic mass is 10.1. The first-order valence-corrected chi connectivity index (χ1v) is 11.8. The van der Waals surface area contributed by atoms with E-state index in [2.05, 4.69) is 17.2 Å². The fraction of sp³-hybridized carbons (Fsp3) is 0.192. The number of rotatable bonds is 9. The van der Waals surface area contributed by atoms with Crippen LogP contribution >= 0.6 is 11.3 Å². The number of benzene rings is 2. The number of ether oxygens (including phenoxy) is 1. The van der Waals surface area contributed by atoms with Gasteiger partial charge >= 0.3 is 5.97 Å². The Morgan fingerprint density at radius 1 is 1.09 bits per heavy atom. The summed E-state index contributed by atoms with van der Waals surface area (Å²) in [5.74, 6) is 0.159. The summed E-state index contributed by atoms with van der Waals surface area (Å²) in [5.41, 5.74) is 3.59. The fourth-order valence-corrected chi connectivity index (χ4v) is 4.27. The molecule has 34 heavy (non-hydrogen) atoms. The van der Waals surface area contributed by atoms with E-state index in [4.69, 9.17) is 9.15 Å². The minimum absolute atomic E-state index is 0.00235. The Bertz CT molecular complexity index is 1250. The Labute approximate surface area is 202 Å². The maximum absolute atomic E-state index is 12.8. The summed E-state index contributed by atoms with van der Waals surface area (Å²) in [6.45, 7) is 4.04. The number of para-hydroxylation sites is 1. The van der Waals surface area contributed by atoms with Gasteiger partial charge in [-0.3, -0.25) is 9.69 Å². The second-order valence-corrected chi connectivity index (χ2v) is 8.39. The number of aryl methyl sites for hydroxylation is 1. The summed E-state index contributed by atoms with van der Waals surface area (Å²) in [4.78, 5) is 31.2. The number of thiazole rings is 1. The summed E-state index contributed by atoms with van der Waals surface area (Å²) in [6.07, 6.45) is 2.53. The maximum Gasteiger partial charge on any atom is 0.340 e. The number of amides is 1. The molecule has 0 bridgehead atoms. The quantitative estimate of drug-likeness (QED) is 0.301. The molecule has 0 unspecified atom stereocenters. The molecule has 4 rings (SSSR count). The van der Waals surface area contributed by atoms with E-state index >= 15 is 0 Å². The highest BCUT2D eigenvalue weighted by molar-refractivity contribution is 7.14. The van der Waals surface area contributed by atoms with Crippen LogP contribution in [0.25, 0.3) is 0 Å². The van der Waals surface area contributed by atoms with Crippen molar-refractivity contribution in [3.8, 4) is 0 Å². The molecule has 0 aliphatic heterocycles. The first kappa shape index (κ1) is 23.3. The topological polar surface area (TPSA) is 84.7 Å². The van der Waals surface area contributed by atoms with Crippen molar-refractivity contribution in [1.82, 2.24) is 4.98 Å². The van der Waals surface area contributed by atoms with E-state index in [-0.39, 0.29) is 12.5 Å². The predicted octanol–water partition coefficient (Wildman–Crippen LogP) is 5.95. The van der Waals surface area contributed by atoms with Crippen LogP contribution in [-0.4, -0.2) is 16.9 Å². The molecule has 8 heteroatoms. The van der Waals surface area contributed by atoms with Gasteiger partial charge in [0.2, 0.25) is 5.91 Å². The maximum atomic E-state index is 12.8. The van der Waals surface area contributed by atoms with Crippen LogP contribution in [0.4, 0.5) is 16.5 Å². The van der Waals surface area contributed by atoms with Gasteiger partial charge in [0.25, 0.3) is 0 Å². The van der Waals surface area contributed by atoms with E-state index in [9.17, 15) is 9.59 Å². The summed E-state index contributed by atoms with van der Waals surface area (Å²) < 4.78 is 10.8. The molecular weight excluding hydrogens is 450 g/mol. The molecule has 0 radical (unpaired) electrons. The molecule has 4 aromatic rings. The van der Waals surface area contributed by atoms with Crippen molar-refractivity contribution in [2.45, 2.75) is 33.4 Å². The molecule has 174 valence electrons. The average Bonchev–Trinajstić information content (AvgIpc) is 3.54. The Morgan fingerprint density at radius 3 is 2.59 bits per heavy atom. The Morgan fingerprint density at radius 2 is 1.88 bits per heavy atom. The number of aromatic nitrogens is 1. The number of nitrogens with zero attached hydrogens (tertiary/aromatic N) is 2. The zero-order valence-electron chi connectivity index (χ0n) is 19.0. The van der Waals surface area contributed by atoms with E-state index in [0.29, 0.717) is 28.6 Å². The lowest BCUT2D eigenvalue weighted by molar-refractivity contribution is -0.115. The molecule has 0 saturated heterocycles. The minimum Gasteiger partial charge on any atom is -0.467 e. The van der Waals surface area contributed by atoms with E-state index in [1.165, 1.54) is 23.8 Å². The van der Waals surface area contributed by atoms with E-state index in [0.717, 1.165) is 17.9 Å². The first-order chi connectivity index (χ1) is 16.5. The first-order valence-electron chi connectivity index (χ1n) is 10.9. The van der Waals surface area contributed by atoms with Crippen LogP contribution in [0.1, 0.15) is 41.2 Å². The standard InChI is InChI=1S/C26H25N3O4S/c1-3-19-10-12-21(13-11-19)29(18(2)30)26-28-20(17-34-26)16-33-25(31)23-8-4-5-9-24(23)27-15-22-7-6-14-32-22/h4-14,17,27H,3,15-16H2,1-2H3. The minimum atomic E-state index is -0.462. The molecule has 0 aliphatic rings. The van der Waals surface area contributed by atoms with Crippen molar-refractivity contribution in [3.05, 3.63) is 94.9 Å². The van der Waals surface area contributed by atoms with E-state index in [1.807, 2.05) is 48.5 Å². The third kappa shape index (κ3) is 5.52. The van der Waals surface area contributed by atoms with Crippen molar-refractivity contribution < 1.29 is 18.7 Å². The van der Waals surface area contributed by atoms with Crippen LogP contribution in [0.5, 0.6) is 0 Å². The van der Waals surface area contributed by atoms with E-state index < -0.39 is 5.97 Å². The van der Waals surface area contributed by atoms with Crippen molar-refractivity contribution >= 4 is 39.7 Å². The monoisotopic (exact) mass is 475 g/mol. The van der Waals surface area contributed by atoms with Gasteiger partial charge in [0.1, 0.15) is 12.4 Å². The number of anilines is 3. The summed E-state index contributed by atoms with van der Waals surface area (Å²) in [5, 5.41) is 5.52. The van der Waals surface area contributed by atoms with Gasteiger partial charge in [-0.05, 0) is 48.4 Å². The average molecular weight is 476 g/mol. The van der Waals surface area contributed by atoms with Crippen LogP contribution < -0.4 is 10.2 Å². The van der Waals surface area contributed by atoms with Crippen LogP contribution in [0, 0.1) is 0 Å². The van der Waals surface area contributed by atoms with Crippen LogP contribution in [0.3, 0.4) is 0 Å². The summed E-state index contributed by atoms with van der Waals surface area (Å²) in [7, 11) is 0. The van der Waals surface area contributed by atoms with Gasteiger partial charge in [-0.25, -0.2) is 9.78 Å². The SMILES string of the molecule is CCc1ccc(N(C(C)=O)c2nc(COC(=O)c3ccccc3NCc3ccco3)cs2)cc1. The number of carbonyl (C=O) groups is 2. The zero-order chi connectivity index (χ0) is 23.9. The molecule has 0 spiro atoms. The molecule has 7 nitrogen and oxygen atoms in total. The molecule has 1 N–H and O–H groups in total. The molecule has 2 aromatic heterocycles. The summed E-state index contributed by atoms with van der Waals surface area (Å²) >= 11 is 1.33. The van der Waals surface area contributed by atoms with Crippen LogP contribution in [-0.2, 0) is 29.1 Å². The highest BCUT2D eigenvalue weighted by Gasteiger charge is 2.19. The molecule has 0 saturated carbocycles. The zero-order valence-corrected chi connectivity index (χ0v) is 19.8. The van der Waals surface area contributed by atoms with Crippen molar-refractivity contribution in [3.63, 3.8) is 0 Å². The molecule has 1 amide bonds. The summed E-state index contributed by atoms with van der Waals surface area (Å²) in [6, 6.07) is 18.6. The highest BCUT2D eigenvalue weighted by Crippen LogP contribution is 2.29. The highest BCUT2D eigenvalue weighted by atomic mass is 32.1. The number of hydrogen-bond acceptors (Lipinski definition) is 7. The van der Waals surface area contributed by atoms with Crippen molar-refractivity contribution in [2.24, 2.45) is 0 Å². The van der Waals surface area contributed by atoms with E-state index in [1.54, 1.807) is 28.7 Å². The second-order valence-electron chi connectivity index (χ2n) is 7.55. The van der Waals surface area contributed by atoms with Gasteiger partial charge in [0.15, 0.2) is 5.13 Å². The lowest BCUT2D eigenvalue weighted by Crippen LogP contribution is -2.22. The normalized spacial score (nSPS) is 10.6. The second kappa shape index (κ2) is 10.8. The Kier molecular flexibility index (Phi) is 7.39. The molecular formula is C26H25N3O4S. The third-order valence-corrected chi connectivity index (χ3v) is 6.05. The number of carbonyl (C=O) groups excluding carboxylic acids is 2. The van der Waals surface area contributed by atoms with Crippen LogP contribution in [0.15, 0.2) is 76.7 Å². The number of hydrogen-bond donors (Lipinski definition) is 1. The molecule has 0 atom stereocenters. The van der Waals surface area contributed by atoms with Gasteiger partial charge < -0.3 is 14.5 Å². The number of furan rings is 1. The largest absolute Gasteiger partial charge is 0.467 e. The molecule has 2 heterocycles. The van der Waals surface area contributed by atoms with Gasteiger partial charge in [-0.15, -0.1) is 11.3 Å². The Hall–Kier alpha value is -3.91. The molecule has 2 aromatic carbocycles. The van der Waals surface area contributed by atoms with Crippen molar-refractivity contribution in [1.29, 1.82) is 0 Å². The van der Waals surface area contributed by atoms with Gasteiger partial charge in [-0.1, -0.05) is 31.2 Å². The van der Waals surface area contributed by atoms with Gasteiger partial charge in [0.05, 0.1) is 29.8 Å². The van der Waals surface area contributed by atoms with Crippen molar-refractivity contribution in [2.75, 3.05) is 10.2 Å². The van der Waals surface area contributed by atoms with Crippen LogP contribution in [0.2, 0.25) is 0 Å². The fourth-order valence-electron chi connectivity index (χ4n) is 3.40.